The van der Waals surface area contributed by atoms with Crippen LogP contribution in [0.2, 0.25) is 0 Å². The van der Waals surface area contributed by atoms with Crippen LogP contribution in [0.4, 0.5) is 0 Å². The smallest absolute Gasteiger partial charge is 0.145 e. The van der Waals surface area contributed by atoms with E-state index in [1.807, 2.05) is 19.3 Å². The molecule has 1 unspecified atom stereocenters. The normalized spacial score (nSPS) is 17.1. The number of aromatic nitrogens is 2. The van der Waals surface area contributed by atoms with Crippen molar-refractivity contribution in [3.05, 3.63) is 23.8 Å². The lowest BCUT2D eigenvalue weighted by Gasteiger charge is -2.16. The third kappa shape index (κ3) is 4.08. The molecule has 1 N–H and O–H groups in total. The summed E-state index contributed by atoms with van der Waals surface area (Å²) in [5.74, 6) is 1.94. The van der Waals surface area contributed by atoms with Gasteiger partial charge >= 0.3 is 0 Å². The fourth-order valence-corrected chi connectivity index (χ4v) is 2.03. The molecule has 0 bridgehead atoms. The van der Waals surface area contributed by atoms with Gasteiger partial charge in [0.05, 0.1) is 6.04 Å². The van der Waals surface area contributed by atoms with Crippen molar-refractivity contribution >= 4 is 0 Å². The summed E-state index contributed by atoms with van der Waals surface area (Å²) < 4.78 is 0. The first-order valence-corrected chi connectivity index (χ1v) is 6.81. The Morgan fingerprint density at radius 1 is 1.35 bits per heavy atom. The second-order valence-electron chi connectivity index (χ2n) is 5.15. The highest BCUT2D eigenvalue weighted by Gasteiger charge is 2.23. The third-order valence-electron chi connectivity index (χ3n) is 3.31. The molecule has 17 heavy (non-hydrogen) atoms. The van der Waals surface area contributed by atoms with Crippen molar-refractivity contribution in [2.45, 2.75) is 52.0 Å². The molecule has 1 fully saturated rings. The highest BCUT2D eigenvalue weighted by Crippen LogP contribution is 2.35. The van der Waals surface area contributed by atoms with E-state index in [4.69, 9.17) is 0 Å². The molecular weight excluding hydrogens is 210 g/mol. The highest BCUT2D eigenvalue weighted by molar-refractivity contribution is 5.04. The van der Waals surface area contributed by atoms with Crippen LogP contribution in [0.15, 0.2) is 12.4 Å². The average Bonchev–Trinajstić information content (AvgIpc) is 3.15. The van der Waals surface area contributed by atoms with Crippen molar-refractivity contribution in [2.75, 3.05) is 6.54 Å². The Kier molecular flexibility index (Phi) is 4.49. The van der Waals surface area contributed by atoms with E-state index in [0.717, 1.165) is 30.3 Å². The van der Waals surface area contributed by atoms with Crippen molar-refractivity contribution in [2.24, 2.45) is 5.92 Å². The maximum atomic E-state index is 4.46. The minimum atomic E-state index is 0.344. The van der Waals surface area contributed by atoms with Crippen LogP contribution in [-0.2, 0) is 0 Å². The first kappa shape index (κ1) is 12.5. The molecule has 94 valence electrons. The van der Waals surface area contributed by atoms with Gasteiger partial charge in [0.1, 0.15) is 5.82 Å². The van der Waals surface area contributed by atoms with Crippen LogP contribution in [0.25, 0.3) is 0 Å². The van der Waals surface area contributed by atoms with Crippen molar-refractivity contribution < 1.29 is 0 Å². The molecule has 1 aliphatic carbocycles. The van der Waals surface area contributed by atoms with E-state index >= 15 is 0 Å². The van der Waals surface area contributed by atoms with Crippen molar-refractivity contribution in [1.29, 1.82) is 0 Å². The summed E-state index contributed by atoms with van der Waals surface area (Å²) >= 11 is 0. The van der Waals surface area contributed by atoms with Crippen LogP contribution in [0.5, 0.6) is 0 Å². The predicted octanol–water partition coefficient (Wildman–Crippen LogP) is 3.02. The zero-order chi connectivity index (χ0) is 12.1. The van der Waals surface area contributed by atoms with Crippen molar-refractivity contribution in [1.82, 2.24) is 15.3 Å². The van der Waals surface area contributed by atoms with Crippen LogP contribution in [0, 0.1) is 12.8 Å². The summed E-state index contributed by atoms with van der Waals surface area (Å²) in [5, 5.41) is 3.56. The Morgan fingerprint density at radius 3 is 2.65 bits per heavy atom. The largest absolute Gasteiger partial charge is 0.307 e. The fourth-order valence-electron chi connectivity index (χ4n) is 2.03. The third-order valence-corrected chi connectivity index (χ3v) is 3.31. The molecule has 1 aliphatic rings. The molecule has 1 saturated carbocycles. The quantitative estimate of drug-likeness (QED) is 0.786. The number of nitrogens with zero attached hydrogens (tertiary/aromatic N) is 2. The summed E-state index contributed by atoms with van der Waals surface area (Å²) in [7, 11) is 0. The Morgan fingerprint density at radius 2 is 2.06 bits per heavy atom. The van der Waals surface area contributed by atoms with E-state index in [-0.39, 0.29) is 0 Å². The number of hydrogen-bond donors (Lipinski definition) is 1. The molecule has 2 rings (SSSR count). The van der Waals surface area contributed by atoms with Gasteiger partial charge in [0.25, 0.3) is 0 Å². The van der Waals surface area contributed by atoms with E-state index < -0.39 is 0 Å². The topological polar surface area (TPSA) is 37.8 Å². The first-order valence-electron chi connectivity index (χ1n) is 6.81. The molecule has 0 radical (unpaired) electrons. The lowest BCUT2D eigenvalue weighted by Crippen LogP contribution is -2.24. The number of aryl methyl sites for hydroxylation is 1. The van der Waals surface area contributed by atoms with E-state index in [1.54, 1.807) is 0 Å². The molecule has 1 atom stereocenters. The van der Waals surface area contributed by atoms with Gasteiger partial charge in [-0.1, -0.05) is 19.8 Å². The molecule has 0 aromatic carbocycles. The standard InChI is InChI=1S/C14H23N3/c1-3-8-15-13(7-6-12-4-5-12)14-16-9-11(2)10-17-14/h9-10,12-13,15H,3-8H2,1-2H3. The molecule has 0 amide bonds. The summed E-state index contributed by atoms with van der Waals surface area (Å²) in [6, 6.07) is 0.344. The van der Waals surface area contributed by atoms with E-state index in [1.165, 1.54) is 25.7 Å². The summed E-state index contributed by atoms with van der Waals surface area (Å²) in [4.78, 5) is 8.91. The van der Waals surface area contributed by atoms with Crippen LogP contribution in [0.3, 0.4) is 0 Å². The molecule has 3 heteroatoms. The van der Waals surface area contributed by atoms with Gasteiger partial charge in [-0.2, -0.15) is 0 Å². The van der Waals surface area contributed by atoms with Gasteiger partial charge in [-0.15, -0.1) is 0 Å². The van der Waals surface area contributed by atoms with Gasteiger partial charge in [-0.25, -0.2) is 9.97 Å². The summed E-state index contributed by atoms with van der Waals surface area (Å²) in [6.45, 7) is 5.27. The molecule has 0 spiro atoms. The Hall–Kier alpha value is -0.960. The van der Waals surface area contributed by atoms with E-state index in [2.05, 4.69) is 22.2 Å². The zero-order valence-electron chi connectivity index (χ0n) is 10.9. The molecule has 1 aromatic heterocycles. The molecular formula is C14H23N3. The fraction of sp³-hybridized carbons (Fsp3) is 0.714. The lowest BCUT2D eigenvalue weighted by molar-refractivity contribution is 0.450. The average molecular weight is 233 g/mol. The number of rotatable bonds is 7. The van der Waals surface area contributed by atoms with Crippen molar-refractivity contribution in [3.8, 4) is 0 Å². The van der Waals surface area contributed by atoms with Crippen LogP contribution < -0.4 is 5.32 Å². The van der Waals surface area contributed by atoms with Gasteiger partial charge in [-0.3, -0.25) is 0 Å². The summed E-state index contributed by atoms with van der Waals surface area (Å²) in [5.41, 5.74) is 1.13. The number of nitrogens with one attached hydrogen (secondary N) is 1. The van der Waals surface area contributed by atoms with Gasteiger partial charge in [-0.05, 0) is 44.2 Å². The molecule has 1 aromatic rings. The van der Waals surface area contributed by atoms with Gasteiger partial charge in [0.2, 0.25) is 0 Å². The second kappa shape index (κ2) is 6.10. The second-order valence-corrected chi connectivity index (χ2v) is 5.15. The van der Waals surface area contributed by atoms with Gasteiger partial charge in [0, 0.05) is 12.4 Å². The summed E-state index contributed by atoms with van der Waals surface area (Å²) in [6.07, 6.45) is 10.3. The highest BCUT2D eigenvalue weighted by atomic mass is 15.0. The van der Waals surface area contributed by atoms with Crippen LogP contribution in [0.1, 0.15) is 56.5 Å². The maximum Gasteiger partial charge on any atom is 0.145 e. The minimum absolute atomic E-state index is 0.344. The van der Waals surface area contributed by atoms with Gasteiger partial charge in [0.15, 0.2) is 0 Å². The zero-order valence-corrected chi connectivity index (χ0v) is 10.9. The van der Waals surface area contributed by atoms with E-state index in [9.17, 15) is 0 Å². The van der Waals surface area contributed by atoms with Gasteiger partial charge < -0.3 is 5.32 Å². The molecule has 0 saturated heterocycles. The molecule has 1 heterocycles. The van der Waals surface area contributed by atoms with Crippen LogP contribution in [-0.4, -0.2) is 16.5 Å². The van der Waals surface area contributed by atoms with E-state index in [0.29, 0.717) is 6.04 Å². The SMILES string of the molecule is CCCNC(CCC1CC1)c1ncc(C)cn1. The van der Waals surface area contributed by atoms with Crippen LogP contribution >= 0.6 is 0 Å². The predicted molar refractivity (Wildman–Crippen MR) is 69.8 cm³/mol. The molecule has 3 nitrogen and oxygen atoms in total. The maximum absolute atomic E-state index is 4.46. The monoisotopic (exact) mass is 233 g/mol. The van der Waals surface area contributed by atoms with Crippen molar-refractivity contribution in [3.63, 3.8) is 0 Å². The minimum Gasteiger partial charge on any atom is -0.307 e. The lowest BCUT2D eigenvalue weighted by atomic mass is 10.1. The number of hydrogen-bond acceptors (Lipinski definition) is 3. The molecule has 0 aliphatic heterocycles. The Balaban J connectivity index is 1.93. The first-order chi connectivity index (χ1) is 8.29. The Bertz CT molecular complexity index is 330. The Labute approximate surface area is 104 Å².